The summed E-state index contributed by atoms with van der Waals surface area (Å²) in [6, 6.07) is 0. The lowest BCUT2D eigenvalue weighted by Gasteiger charge is -2.32. The van der Waals surface area contributed by atoms with Crippen molar-refractivity contribution in [1.82, 2.24) is 10.2 Å². The Bertz CT molecular complexity index is 294. The van der Waals surface area contributed by atoms with E-state index in [1.54, 1.807) is 0 Å². The van der Waals surface area contributed by atoms with Crippen LogP contribution in [0.4, 0.5) is 0 Å². The second-order valence-corrected chi connectivity index (χ2v) is 7.17. The van der Waals surface area contributed by atoms with Crippen molar-refractivity contribution >= 4 is 5.91 Å². The number of likely N-dealkylation sites (tertiary alicyclic amines) is 1. The van der Waals surface area contributed by atoms with Gasteiger partial charge in [-0.1, -0.05) is 27.7 Å². The maximum Gasteiger partial charge on any atom is 0.225 e. The highest BCUT2D eigenvalue weighted by atomic mass is 16.2. The molecule has 1 N–H and O–H groups in total. The molecule has 2 saturated heterocycles. The number of nitrogens with one attached hydrogen (secondary N) is 1. The van der Waals surface area contributed by atoms with E-state index in [9.17, 15) is 4.79 Å². The second kappa shape index (κ2) is 5.20. The van der Waals surface area contributed by atoms with E-state index in [4.69, 9.17) is 0 Å². The van der Waals surface area contributed by atoms with Gasteiger partial charge in [0.25, 0.3) is 0 Å². The topological polar surface area (TPSA) is 32.3 Å². The molecule has 2 aliphatic heterocycles. The third-order valence-electron chi connectivity index (χ3n) is 5.00. The quantitative estimate of drug-likeness (QED) is 0.775. The Hall–Kier alpha value is -0.570. The van der Waals surface area contributed by atoms with Crippen LogP contribution >= 0.6 is 0 Å². The predicted molar refractivity (Wildman–Crippen MR) is 74.3 cm³/mol. The van der Waals surface area contributed by atoms with Gasteiger partial charge in [0.2, 0.25) is 5.91 Å². The van der Waals surface area contributed by atoms with Gasteiger partial charge in [-0.25, -0.2) is 0 Å². The molecule has 3 atom stereocenters. The van der Waals surface area contributed by atoms with Crippen LogP contribution in [0.3, 0.4) is 0 Å². The lowest BCUT2D eigenvalue weighted by molar-refractivity contribution is -0.138. The van der Waals surface area contributed by atoms with Crippen LogP contribution < -0.4 is 5.32 Å². The average molecular weight is 252 g/mol. The van der Waals surface area contributed by atoms with Crippen LogP contribution in [0.15, 0.2) is 0 Å². The molecule has 104 valence electrons. The number of carbonyl (C=O) groups excluding carboxylic acids is 1. The van der Waals surface area contributed by atoms with Gasteiger partial charge in [0.15, 0.2) is 0 Å². The van der Waals surface area contributed by atoms with Gasteiger partial charge < -0.3 is 10.2 Å². The number of fused-ring (bicyclic) bond motifs is 1. The third-order valence-corrected chi connectivity index (χ3v) is 5.00. The third kappa shape index (κ3) is 2.87. The Kier molecular flexibility index (Phi) is 4.00. The number of rotatable bonds is 1. The summed E-state index contributed by atoms with van der Waals surface area (Å²) in [5.74, 6) is 2.07. The maximum atomic E-state index is 12.5. The van der Waals surface area contributed by atoms with Gasteiger partial charge in [0, 0.05) is 19.0 Å². The molecule has 1 unspecified atom stereocenters. The Morgan fingerprint density at radius 2 is 1.67 bits per heavy atom. The number of hydrogen-bond donors (Lipinski definition) is 1. The lowest BCUT2D eigenvalue weighted by atomic mass is 9.81. The summed E-state index contributed by atoms with van der Waals surface area (Å²) in [6.07, 6.45) is 2.36. The molecule has 0 spiro atoms. The molecule has 2 rings (SSSR count). The molecule has 0 saturated carbocycles. The zero-order valence-corrected chi connectivity index (χ0v) is 12.3. The molecule has 2 fully saturated rings. The van der Waals surface area contributed by atoms with Gasteiger partial charge in [-0.05, 0) is 43.2 Å². The normalized spacial score (nSPS) is 30.8. The van der Waals surface area contributed by atoms with Crippen LogP contribution in [0, 0.1) is 23.2 Å². The number of hydrogen-bond acceptors (Lipinski definition) is 2. The Balaban J connectivity index is 1.96. The summed E-state index contributed by atoms with van der Waals surface area (Å²) in [6.45, 7) is 12.8. The van der Waals surface area contributed by atoms with Crippen LogP contribution in [0.5, 0.6) is 0 Å². The summed E-state index contributed by atoms with van der Waals surface area (Å²) in [7, 11) is 0. The largest absolute Gasteiger partial charge is 0.342 e. The molecule has 0 bridgehead atoms. The number of amides is 1. The summed E-state index contributed by atoms with van der Waals surface area (Å²) in [5.41, 5.74) is 0.0703. The summed E-state index contributed by atoms with van der Waals surface area (Å²) in [5, 5.41) is 3.48. The molecule has 1 amide bonds. The first-order chi connectivity index (χ1) is 8.39. The van der Waals surface area contributed by atoms with E-state index in [0.717, 1.165) is 38.0 Å². The monoisotopic (exact) mass is 252 g/mol. The van der Waals surface area contributed by atoms with E-state index >= 15 is 0 Å². The highest BCUT2D eigenvalue weighted by Crippen LogP contribution is 2.31. The van der Waals surface area contributed by atoms with Crippen LogP contribution in [0.25, 0.3) is 0 Å². The molecule has 2 heterocycles. The van der Waals surface area contributed by atoms with Gasteiger partial charge in [-0.15, -0.1) is 0 Å². The van der Waals surface area contributed by atoms with Gasteiger partial charge in [-0.2, -0.15) is 0 Å². The Morgan fingerprint density at radius 3 is 2.11 bits per heavy atom. The molecular weight excluding hydrogens is 224 g/mol. The van der Waals surface area contributed by atoms with Crippen LogP contribution in [-0.4, -0.2) is 37.0 Å². The molecule has 0 aliphatic carbocycles. The van der Waals surface area contributed by atoms with Crippen molar-refractivity contribution in [2.45, 2.75) is 40.5 Å². The summed E-state index contributed by atoms with van der Waals surface area (Å²) < 4.78 is 0. The van der Waals surface area contributed by atoms with E-state index in [1.807, 2.05) is 0 Å². The first kappa shape index (κ1) is 13.9. The highest BCUT2D eigenvalue weighted by molar-refractivity contribution is 5.79. The van der Waals surface area contributed by atoms with E-state index in [0.29, 0.717) is 5.91 Å². The van der Waals surface area contributed by atoms with Crippen LogP contribution in [-0.2, 0) is 4.79 Å². The van der Waals surface area contributed by atoms with Gasteiger partial charge in [0.1, 0.15) is 0 Å². The summed E-state index contributed by atoms with van der Waals surface area (Å²) >= 11 is 0. The van der Waals surface area contributed by atoms with E-state index in [-0.39, 0.29) is 11.3 Å². The minimum Gasteiger partial charge on any atom is -0.342 e. The number of nitrogens with zero attached hydrogens (tertiary/aromatic N) is 1. The fourth-order valence-corrected chi connectivity index (χ4v) is 3.08. The molecule has 3 heteroatoms. The van der Waals surface area contributed by atoms with Gasteiger partial charge in [0.05, 0.1) is 0 Å². The smallest absolute Gasteiger partial charge is 0.225 e. The lowest BCUT2D eigenvalue weighted by Crippen LogP contribution is -2.40. The molecule has 0 aromatic heterocycles. The van der Waals surface area contributed by atoms with Crippen molar-refractivity contribution in [1.29, 1.82) is 0 Å². The van der Waals surface area contributed by atoms with Crippen molar-refractivity contribution in [3.63, 3.8) is 0 Å². The standard InChI is InChI=1S/C15H28N2O/c1-11(15(2,3)4)14(18)17-7-5-12-9-16-10-13(12)6-8-17/h11-13,16H,5-10H2,1-4H3/t11?,12-,13+. The fourth-order valence-electron chi connectivity index (χ4n) is 3.08. The molecule has 0 radical (unpaired) electrons. The van der Waals surface area contributed by atoms with E-state index in [1.165, 1.54) is 12.8 Å². The molecule has 18 heavy (non-hydrogen) atoms. The maximum absolute atomic E-state index is 12.5. The zero-order valence-electron chi connectivity index (χ0n) is 12.3. The summed E-state index contributed by atoms with van der Waals surface area (Å²) in [4.78, 5) is 14.6. The van der Waals surface area contributed by atoms with Crippen molar-refractivity contribution in [3.05, 3.63) is 0 Å². The molecule has 3 nitrogen and oxygen atoms in total. The van der Waals surface area contributed by atoms with Crippen molar-refractivity contribution in [3.8, 4) is 0 Å². The molecule has 2 aliphatic rings. The fraction of sp³-hybridized carbons (Fsp3) is 0.933. The van der Waals surface area contributed by atoms with E-state index in [2.05, 4.69) is 37.9 Å². The Morgan fingerprint density at radius 1 is 1.17 bits per heavy atom. The van der Waals surface area contributed by atoms with E-state index < -0.39 is 0 Å². The molecule has 0 aromatic carbocycles. The van der Waals surface area contributed by atoms with Crippen LogP contribution in [0.1, 0.15) is 40.5 Å². The second-order valence-electron chi connectivity index (χ2n) is 7.17. The van der Waals surface area contributed by atoms with Crippen LogP contribution in [0.2, 0.25) is 0 Å². The van der Waals surface area contributed by atoms with Gasteiger partial charge >= 0.3 is 0 Å². The first-order valence-electron chi connectivity index (χ1n) is 7.39. The minimum absolute atomic E-state index is 0.0703. The molecule has 0 aromatic rings. The van der Waals surface area contributed by atoms with Crippen molar-refractivity contribution in [2.75, 3.05) is 26.2 Å². The first-order valence-corrected chi connectivity index (χ1v) is 7.39. The van der Waals surface area contributed by atoms with Gasteiger partial charge in [-0.3, -0.25) is 4.79 Å². The predicted octanol–water partition coefficient (Wildman–Crippen LogP) is 2.13. The molecular formula is C15H28N2O. The average Bonchev–Trinajstić information content (AvgIpc) is 2.65. The minimum atomic E-state index is 0.0703. The SMILES string of the molecule is CC(C(=O)N1CC[C@@H]2CNC[C@@H]2CC1)C(C)(C)C. The zero-order chi connectivity index (χ0) is 13.3. The van der Waals surface area contributed by atoms with Crippen molar-refractivity contribution < 1.29 is 4.79 Å². The van der Waals surface area contributed by atoms with Crippen molar-refractivity contribution in [2.24, 2.45) is 23.2 Å². The Labute approximate surface area is 111 Å². The number of carbonyl (C=O) groups is 1. The highest BCUT2D eigenvalue weighted by Gasteiger charge is 2.35.